The van der Waals surface area contributed by atoms with Crippen LogP contribution in [0.4, 0.5) is 0 Å². The van der Waals surface area contributed by atoms with Gasteiger partial charge in [-0.3, -0.25) is 14.3 Å². The number of aryl methyl sites for hydroxylation is 1. The first kappa shape index (κ1) is 13.0. The Bertz CT molecular complexity index is 924. The maximum Gasteiger partial charge on any atom is 0.262 e. The van der Waals surface area contributed by atoms with E-state index in [-0.39, 0.29) is 5.56 Å². The molecular weight excluding hydrogens is 270 g/mol. The Balaban J connectivity index is 2.63. The minimum Gasteiger partial charge on any atom is -0.330 e. The third kappa shape index (κ3) is 1.86. The molecule has 0 bridgehead atoms. The molecule has 2 heterocycles. The first-order chi connectivity index (χ1) is 9.63. The lowest BCUT2D eigenvalue weighted by Crippen LogP contribution is -2.20. The van der Waals surface area contributed by atoms with Crippen molar-refractivity contribution in [1.82, 2.24) is 14.5 Å². The second-order valence-corrected chi connectivity index (χ2v) is 5.26. The summed E-state index contributed by atoms with van der Waals surface area (Å²) in [7, 11) is 1.69. The number of aromatic amines is 1. The highest BCUT2D eigenvalue weighted by Crippen LogP contribution is 2.23. The summed E-state index contributed by atoms with van der Waals surface area (Å²) >= 11 is 5.21. The first-order valence-corrected chi connectivity index (χ1v) is 7.05. The van der Waals surface area contributed by atoms with Gasteiger partial charge in [0.25, 0.3) is 5.56 Å². The van der Waals surface area contributed by atoms with Crippen molar-refractivity contribution in [2.75, 3.05) is 0 Å². The largest absolute Gasteiger partial charge is 0.330 e. The molecule has 3 rings (SSSR count). The van der Waals surface area contributed by atoms with E-state index in [1.165, 1.54) is 4.57 Å². The molecule has 102 valence electrons. The van der Waals surface area contributed by atoms with E-state index in [9.17, 15) is 4.79 Å². The molecular formula is C15H15N3OS. The fraction of sp³-hybridized carbons (Fsp3) is 0.267. The average Bonchev–Trinajstić information content (AvgIpc) is 2.45. The first-order valence-electron chi connectivity index (χ1n) is 6.64. The van der Waals surface area contributed by atoms with Crippen molar-refractivity contribution in [3.05, 3.63) is 45.1 Å². The molecule has 0 saturated carbocycles. The highest BCUT2D eigenvalue weighted by atomic mass is 32.1. The molecule has 1 aromatic carbocycles. The Morgan fingerprint density at radius 1 is 1.35 bits per heavy atom. The summed E-state index contributed by atoms with van der Waals surface area (Å²) in [5.41, 5.74) is 2.47. The van der Waals surface area contributed by atoms with E-state index in [0.717, 1.165) is 35.0 Å². The van der Waals surface area contributed by atoms with Crippen LogP contribution in [0.2, 0.25) is 0 Å². The van der Waals surface area contributed by atoms with E-state index in [1.807, 2.05) is 24.3 Å². The molecule has 0 amide bonds. The number of hydrogen-bond donors (Lipinski definition) is 1. The van der Waals surface area contributed by atoms with Crippen molar-refractivity contribution in [3.8, 4) is 0 Å². The Hall–Kier alpha value is -2.01. The second kappa shape index (κ2) is 4.83. The Kier molecular flexibility index (Phi) is 3.14. The predicted octanol–water partition coefficient (Wildman–Crippen LogP) is 3.10. The molecule has 0 unspecified atom stereocenters. The van der Waals surface area contributed by atoms with Crippen molar-refractivity contribution in [2.45, 2.75) is 19.8 Å². The fourth-order valence-corrected chi connectivity index (χ4v) is 2.67. The molecule has 20 heavy (non-hydrogen) atoms. The molecule has 0 radical (unpaired) electrons. The molecule has 2 aromatic heterocycles. The van der Waals surface area contributed by atoms with Gasteiger partial charge in [-0.2, -0.15) is 0 Å². The van der Waals surface area contributed by atoms with Gasteiger partial charge in [-0.25, -0.2) is 0 Å². The van der Waals surface area contributed by atoms with Crippen LogP contribution in [0.3, 0.4) is 0 Å². The van der Waals surface area contributed by atoms with Crippen molar-refractivity contribution in [3.63, 3.8) is 0 Å². The number of rotatable bonds is 2. The zero-order chi connectivity index (χ0) is 14.3. The number of pyridine rings is 1. The zero-order valence-corrected chi connectivity index (χ0v) is 12.3. The van der Waals surface area contributed by atoms with Crippen molar-refractivity contribution in [2.24, 2.45) is 7.05 Å². The van der Waals surface area contributed by atoms with E-state index in [2.05, 4.69) is 16.9 Å². The number of para-hydroxylation sites is 1. The molecule has 0 aliphatic heterocycles. The lowest BCUT2D eigenvalue weighted by molar-refractivity contribution is 0.819. The molecule has 0 spiro atoms. The van der Waals surface area contributed by atoms with E-state index >= 15 is 0 Å². The SMILES string of the molecule is CCCc1nc2ccccc2c2c(=O)n(C)c(=S)[nH]c12. The fourth-order valence-electron chi connectivity index (χ4n) is 2.49. The van der Waals surface area contributed by atoms with Gasteiger partial charge in [0.1, 0.15) is 0 Å². The third-order valence-electron chi connectivity index (χ3n) is 3.51. The van der Waals surface area contributed by atoms with E-state index in [1.54, 1.807) is 7.05 Å². The Morgan fingerprint density at radius 3 is 2.85 bits per heavy atom. The number of benzene rings is 1. The molecule has 0 fully saturated rings. The van der Waals surface area contributed by atoms with Gasteiger partial charge in [0.15, 0.2) is 4.77 Å². The zero-order valence-electron chi connectivity index (χ0n) is 11.4. The molecule has 0 saturated heterocycles. The topological polar surface area (TPSA) is 50.7 Å². The summed E-state index contributed by atoms with van der Waals surface area (Å²) in [5, 5.41) is 1.55. The normalized spacial score (nSPS) is 11.3. The number of H-pyrrole nitrogens is 1. The molecule has 5 heteroatoms. The van der Waals surface area contributed by atoms with Crippen LogP contribution in [-0.2, 0) is 13.5 Å². The van der Waals surface area contributed by atoms with Crippen molar-refractivity contribution in [1.29, 1.82) is 0 Å². The van der Waals surface area contributed by atoms with E-state index < -0.39 is 0 Å². The molecule has 4 nitrogen and oxygen atoms in total. The second-order valence-electron chi connectivity index (χ2n) is 4.87. The van der Waals surface area contributed by atoms with Gasteiger partial charge in [0, 0.05) is 12.4 Å². The predicted molar refractivity (Wildman–Crippen MR) is 83.7 cm³/mol. The maximum absolute atomic E-state index is 12.6. The number of fused-ring (bicyclic) bond motifs is 3. The van der Waals surface area contributed by atoms with Crippen LogP contribution in [0.25, 0.3) is 21.8 Å². The lowest BCUT2D eigenvalue weighted by Gasteiger charge is -2.10. The number of aromatic nitrogens is 3. The van der Waals surface area contributed by atoms with E-state index in [4.69, 9.17) is 12.2 Å². The van der Waals surface area contributed by atoms with Crippen LogP contribution in [0, 0.1) is 4.77 Å². The summed E-state index contributed by atoms with van der Waals surface area (Å²) in [4.78, 5) is 20.4. The van der Waals surface area contributed by atoms with Crippen molar-refractivity contribution < 1.29 is 0 Å². The minimum absolute atomic E-state index is 0.0697. The molecule has 1 N–H and O–H groups in total. The van der Waals surface area contributed by atoms with E-state index in [0.29, 0.717) is 10.2 Å². The van der Waals surface area contributed by atoms with Gasteiger partial charge in [-0.1, -0.05) is 31.5 Å². The van der Waals surface area contributed by atoms with Crippen molar-refractivity contribution >= 4 is 34.0 Å². The van der Waals surface area contributed by atoms with Crippen LogP contribution in [0.15, 0.2) is 29.1 Å². The Morgan fingerprint density at radius 2 is 2.10 bits per heavy atom. The van der Waals surface area contributed by atoms with Crippen LogP contribution in [-0.4, -0.2) is 14.5 Å². The van der Waals surface area contributed by atoms with Gasteiger partial charge in [0.05, 0.1) is 22.1 Å². The standard InChI is InChI=1S/C15H15N3OS/c1-3-6-11-13-12(14(19)18(2)15(20)17-13)9-7-4-5-8-10(9)16-11/h4-5,7-8H,3,6H2,1-2H3,(H,17,20). The highest BCUT2D eigenvalue weighted by molar-refractivity contribution is 7.71. The number of nitrogens with one attached hydrogen (secondary N) is 1. The summed E-state index contributed by atoms with van der Waals surface area (Å²) in [6, 6.07) is 7.73. The number of nitrogens with zero attached hydrogens (tertiary/aromatic N) is 2. The van der Waals surface area contributed by atoms with Gasteiger partial charge in [-0.15, -0.1) is 0 Å². The van der Waals surface area contributed by atoms with Crippen LogP contribution in [0.1, 0.15) is 19.0 Å². The summed E-state index contributed by atoms with van der Waals surface area (Å²) < 4.78 is 1.90. The Labute approximate surface area is 121 Å². The third-order valence-corrected chi connectivity index (χ3v) is 3.89. The minimum atomic E-state index is -0.0697. The summed E-state index contributed by atoms with van der Waals surface area (Å²) in [5.74, 6) is 0. The van der Waals surface area contributed by atoms with Gasteiger partial charge in [-0.05, 0) is 24.7 Å². The number of hydrogen-bond acceptors (Lipinski definition) is 3. The van der Waals surface area contributed by atoms with Gasteiger partial charge >= 0.3 is 0 Å². The average molecular weight is 285 g/mol. The molecule has 0 aliphatic rings. The quantitative estimate of drug-likeness (QED) is 0.581. The summed E-state index contributed by atoms with van der Waals surface area (Å²) in [6.45, 7) is 2.10. The van der Waals surface area contributed by atoms with Gasteiger partial charge < -0.3 is 4.98 Å². The van der Waals surface area contributed by atoms with Crippen LogP contribution < -0.4 is 5.56 Å². The molecule has 3 aromatic rings. The smallest absolute Gasteiger partial charge is 0.262 e. The lowest BCUT2D eigenvalue weighted by atomic mass is 10.1. The monoisotopic (exact) mass is 285 g/mol. The highest BCUT2D eigenvalue weighted by Gasteiger charge is 2.12. The molecule has 0 atom stereocenters. The van der Waals surface area contributed by atoms with Crippen LogP contribution in [0.5, 0.6) is 0 Å². The van der Waals surface area contributed by atoms with Gasteiger partial charge in [0.2, 0.25) is 0 Å². The maximum atomic E-state index is 12.6. The van der Waals surface area contributed by atoms with Crippen LogP contribution >= 0.6 is 12.2 Å². The molecule has 0 aliphatic carbocycles. The summed E-state index contributed by atoms with van der Waals surface area (Å²) in [6.07, 6.45) is 1.79.